The molecule has 0 aliphatic carbocycles. The molecule has 4 aromatic rings. The number of pyridine rings is 1. The lowest BCUT2D eigenvalue weighted by Crippen LogP contribution is -2.00. The number of ether oxygens (including phenoxy) is 1. The minimum atomic E-state index is 0.377. The number of H-pyrrole nitrogens is 1. The van der Waals surface area contributed by atoms with Gasteiger partial charge in [-0.2, -0.15) is 0 Å². The van der Waals surface area contributed by atoms with Crippen LogP contribution in [0.15, 0.2) is 53.8 Å². The minimum Gasteiger partial charge on any atom is -0.489 e. The molecule has 1 N–H and O–H groups in total. The predicted molar refractivity (Wildman–Crippen MR) is 120 cm³/mol. The topological polar surface area (TPSA) is 50.8 Å². The highest BCUT2D eigenvalue weighted by Gasteiger charge is 2.10. The Hall–Kier alpha value is -1.92. The molecule has 0 bridgehead atoms. The summed E-state index contributed by atoms with van der Waals surface area (Å²) in [6.45, 7) is 2.38. The first-order chi connectivity index (χ1) is 14.0. The Bertz CT molecular complexity index is 1160. The quantitative estimate of drug-likeness (QED) is 0.309. The molecule has 0 unspecified atom stereocenters. The van der Waals surface area contributed by atoms with Crippen LogP contribution in [0.1, 0.15) is 16.8 Å². The average Bonchev–Trinajstić information content (AvgIpc) is 3.07. The second-order valence-corrected chi connectivity index (χ2v) is 8.71. The summed E-state index contributed by atoms with van der Waals surface area (Å²) in [5, 5.41) is 2.68. The normalized spacial score (nSPS) is 11.2. The fraction of sp³-hybridized carbons (Fsp3) is 0.143. The van der Waals surface area contributed by atoms with Crippen LogP contribution in [-0.4, -0.2) is 15.0 Å². The lowest BCUT2D eigenvalue weighted by atomic mass is 10.2. The number of hydrogen-bond acceptors (Lipinski definition) is 4. The number of fused-ring (bicyclic) bond motifs is 1. The maximum Gasteiger partial charge on any atom is 0.166 e. The van der Waals surface area contributed by atoms with Crippen LogP contribution in [0, 0.1) is 6.92 Å². The van der Waals surface area contributed by atoms with E-state index in [1.807, 2.05) is 43.3 Å². The average molecular weight is 465 g/mol. The largest absolute Gasteiger partial charge is 0.489 e. The lowest BCUT2D eigenvalue weighted by Gasteiger charge is -2.12. The predicted octanol–water partition coefficient (Wildman–Crippen LogP) is 7.10. The van der Waals surface area contributed by atoms with Gasteiger partial charge in [-0.3, -0.25) is 4.98 Å². The first-order valence-corrected chi connectivity index (χ1v) is 10.9. The van der Waals surface area contributed by atoms with E-state index in [-0.39, 0.29) is 0 Å². The van der Waals surface area contributed by atoms with Crippen LogP contribution < -0.4 is 4.74 Å². The molecule has 0 spiro atoms. The van der Waals surface area contributed by atoms with E-state index >= 15 is 0 Å². The summed E-state index contributed by atoms with van der Waals surface area (Å²) in [5.41, 5.74) is 4.65. The van der Waals surface area contributed by atoms with Gasteiger partial charge >= 0.3 is 0 Å². The van der Waals surface area contributed by atoms with Crippen LogP contribution >= 0.6 is 46.6 Å². The Labute approximate surface area is 187 Å². The Balaban J connectivity index is 1.45. The van der Waals surface area contributed by atoms with E-state index in [9.17, 15) is 0 Å². The van der Waals surface area contributed by atoms with Crippen LogP contribution in [-0.2, 0) is 12.4 Å². The molecule has 148 valence electrons. The second-order valence-electron chi connectivity index (χ2n) is 6.44. The molecule has 0 saturated heterocycles. The van der Waals surface area contributed by atoms with Crippen molar-refractivity contribution in [2.75, 3.05) is 0 Å². The van der Waals surface area contributed by atoms with Gasteiger partial charge in [0.2, 0.25) is 0 Å². The number of thioether (sulfide) groups is 1. The third kappa shape index (κ3) is 4.98. The molecule has 29 heavy (non-hydrogen) atoms. The van der Waals surface area contributed by atoms with Crippen molar-refractivity contribution in [2.24, 2.45) is 0 Å². The van der Waals surface area contributed by atoms with Crippen molar-refractivity contribution in [2.45, 2.75) is 24.4 Å². The van der Waals surface area contributed by atoms with Crippen LogP contribution in [0.5, 0.6) is 5.75 Å². The van der Waals surface area contributed by atoms with Crippen molar-refractivity contribution >= 4 is 57.6 Å². The minimum absolute atomic E-state index is 0.377. The first-order valence-electron chi connectivity index (χ1n) is 8.78. The zero-order chi connectivity index (χ0) is 20.4. The van der Waals surface area contributed by atoms with Crippen LogP contribution in [0.2, 0.25) is 15.1 Å². The fourth-order valence-corrected chi connectivity index (χ4v) is 4.53. The zero-order valence-corrected chi connectivity index (χ0v) is 18.5. The van der Waals surface area contributed by atoms with E-state index in [0.29, 0.717) is 27.4 Å². The highest BCUT2D eigenvalue weighted by atomic mass is 35.5. The molecule has 2 heterocycles. The molecule has 0 atom stereocenters. The summed E-state index contributed by atoms with van der Waals surface area (Å²) < 4.78 is 5.98. The van der Waals surface area contributed by atoms with Crippen molar-refractivity contribution in [1.82, 2.24) is 15.0 Å². The second kappa shape index (κ2) is 8.84. The zero-order valence-electron chi connectivity index (χ0n) is 15.4. The summed E-state index contributed by atoms with van der Waals surface area (Å²) in [5.74, 6) is 1.45. The number of aromatic nitrogens is 3. The molecule has 0 aliphatic heterocycles. The summed E-state index contributed by atoms with van der Waals surface area (Å²) in [6, 6.07) is 12.8. The van der Waals surface area contributed by atoms with Crippen LogP contribution in [0.4, 0.5) is 0 Å². The van der Waals surface area contributed by atoms with E-state index < -0.39 is 0 Å². The molecular formula is C21H16Cl3N3OS. The van der Waals surface area contributed by atoms with Crippen LogP contribution in [0.3, 0.4) is 0 Å². The Morgan fingerprint density at radius 2 is 1.79 bits per heavy atom. The number of imidazole rings is 1. The molecule has 4 nitrogen and oxygen atoms in total. The lowest BCUT2D eigenvalue weighted by molar-refractivity contribution is 0.303. The first kappa shape index (κ1) is 20.4. The molecule has 4 rings (SSSR count). The van der Waals surface area contributed by atoms with E-state index in [1.165, 1.54) is 0 Å². The van der Waals surface area contributed by atoms with Gasteiger partial charge in [-0.15, -0.1) is 0 Å². The Kier molecular flexibility index (Phi) is 6.20. The Morgan fingerprint density at radius 1 is 1.00 bits per heavy atom. The molecule has 0 saturated carbocycles. The molecule has 0 amide bonds. The summed E-state index contributed by atoms with van der Waals surface area (Å²) >= 11 is 19.7. The highest BCUT2D eigenvalue weighted by molar-refractivity contribution is 7.98. The molecular weight excluding hydrogens is 449 g/mol. The van der Waals surface area contributed by atoms with Crippen molar-refractivity contribution in [1.29, 1.82) is 0 Å². The number of hydrogen-bond donors (Lipinski definition) is 1. The number of nitrogens with one attached hydrogen (secondary N) is 1. The van der Waals surface area contributed by atoms with Gasteiger partial charge in [0, 0.05) is 32.6 Å². The van der Waals surface area contributed by atoms with Gasteiger partial charge in [-0.05, 0) is 55.0 Å². The number of halogens is 3. The molecule has 0 radical (unpaired) electrons. The number of aromatic amines is 1. The van der Waals surface area contributed by atoms with Gasteiger partial charge in [-0.25, -0.2) is 4.98 Å². The van der Waals surface area contributed by atoms with E-state index in [2.05, 4.69) is 15.0 Å². The Morgan fingerprint density at radius 3 is 2.59 bits per heavy atom. The van der Waals surface area contributed by atoms with Crippen molar-refractivity contribution in [3.8, 4) is 5.75 Å². The molecule has 8 heteroatoms. The van der Waals surface area contributed by atoms with Gasteiger partial charge in [0.1, 0.15) is 12.4 Å². The van der Waals surface area contributed by atoms with E-state index in [1.54, 1.807) is 24.0 Å². The van der Waals surface area contributed by atoms with E-state index in [0.717, 1.165) is 38.8 Å². The van der Waals surface area contributed by atoms with Crippen molar-refractivity contribution < 1.29 is 4.74 Å². The third-order valence-corrected chi connectivity index (χ3v) is 5.90. The molecule has 0 aliphatic rings. The molecule has 0 fully saturated rings. The summed E-state index contributed by atoms with van der Waals surface area (Å²) in [4.78, 5) is 12.4. The van der Waals surface area contributed by atoms with Crippen LogP contribution in [0.25, 0.3) is 11.0 Å². The molecule has 2 aromatic heterocycles. The van der Waals surface area contributed by atoms with Crippen molar-refractivity contribution in [3.63, 3.8) is 0 Å². The monoisotopic (exact) mass is 463 g/mol. The summed E-state index contributed by atoms with van der Waals surface area (Å²) in [7, 11) is 0. The van der Waals surface area contributed by atoms with Gasteiger partial charge in [-0.1, -0.05) is 46.6 Å². The third-order valence-electron chi connectivity index (χ3n) is 4.34. The SMILES string of the molecule is Cc1c(OCc2cc(Cl)cc(Cl)c2)ccnc1CSc1nc2ccc(Cl)cc2[nH]1. The van der Waals surface area contributed by atoms with Crippen molar-refractivity contribution in [3.05, 3.63) is 80.6 Å². The highest BCUT2D eigenvalue weighted by Crippen LogP contribution is 2.28. The standard InChI is InChI=1S/C21H16Cl3N3OS/c1-12-19(11-29-21-26-17-3-2-14(22)9-18(17)27-21)25-5-4-20(12)28-10-13-6-15(23)8-16(24)7-13/h2-9H,10-11H2,1H3,(H,26,27). The molecule has 2 aromatic carbocycles. The van der Waals surface area contributed by atoms with Gasteiger partial charge in [0.15, 0.2) is 5.16 Å². The number of nitrogens with zero attached hydrogens (tertiary/aromatic N) is 2. The van der Waals surface area contributed by atoms with Gasteiger partial charge in [0.25, 0.3) is 0 Å². The fourth-order valence-electron chi connectivity index (χ4n) is 2.88. The maximum atomic E-state index is 6.06. The number of rotatable bonds is 6. The van der Waals surface area contributed by atoms with E-state index in [4.69, 9.17) is 39.5 Å². The summed E-state index contributed by atoms with van der Waals surface area (Å²) in [6.07, 6.45) is 1.75. The smallest absolute Gasteiger partial charge is 0.166 e. The maximum absolute atomic E-state index is 6.06. The van der Waals surface area contributed by atoms with Gasteiger partial charge < -0.3 is 9.72 Å². The number of benzene rings is 2. The van der Waals surface area contributed by atoms with Gasteiger partial charge in [0.05, 0.1) is 16.7 Å².